The summed E-state index contributed by atoms with van der Waals surface area (Å²) in [6, 6.07) is 14.7. The van der Waals surface area contributed by atoms with Crippen LogP contribution in [0.5, 0.6) is 0 Å². The zero-order valence-electron chi connectivity index (χ0n) is 12.5. The SMILES string of the molecule is NC1(c2noc(Cc3ccc4ccccc4c3)n2)CCCC1. The van der Waals surface area contributed by atoms with Crippen LogP contribution >= 0.6 is 0 Å². The summed E-state index contributed by atoms with van der Waals surface area (Å²) in [5.41, 5.74) is 7.17. The van der Waals surface area contributed by atoms with Crippen molar-refractivity contribution >= 4 is 10.8 Å². The number of fused-ring (bicyclic) bond motifs is 1. The predicted molar refractivity (Wildman–Crippen MR) is 85.4 cm³/mol. The van der Waals surface area contributed by atoms with E-state index >= 15 is 0 Å². The summed E-state index contributed by atoms with van der Waals surface area (Å²) >= 11 is 0. The number of nitrogens with zero attached hydrogens (tertiary/aromatic N) is 2. The molecule has 1 aliphatic rings. The van der Waals surface area contributed by atoms with Gasteiger partial charge in [0.25, 0.3) is 0 Å². The first-order valence-electron chi connectivity index (χ1n) is 7.83. The number of hydrogen-bond donors (Lipinski definition) is 1. The summed E-state index contributed by atoms with van der Waals surface area (Å²) in [4.78, 5) is 4.54. The second-order valence-corrected chi connectivity index (χ2v) is 6.23. The fourth-order valence-corrected chi connectivity index (χ4v) is 3.28. The van der Waals surface area contributed by atoms with Gasteiger partial charge in [0.2, 0.25) is 5.89 Å². The lowest BCUT2D eigenvalue weighted by Gasteiger charge is -2.17. The molecule has 1 aliphatic carbocycles. The Hall–Kier alpha value is -2.20. The Morgan fingerprint density at radius 1 is 1.05 bits per heavy atom. The normalized spacial score (nSPS) is 17.1. The van der Waals surface area contributed by atoms with E-state index in [9.17, 15) is 0 Å². The highest BCUT2D eigenvalue weighted by atomic mass is 16.5. The van der Waals surface area contributed by atoms with Crippen molar-refractivity contribution in [2.24, 2.45) is 5.73 Å². The van der Waals surface area contributed by atoms with Gasteiger partial charge < -0.3 is 10.3 Å². The molecular formula is C18H19N3O. The molecule has 0 unspecified atom stereocenters. The molecule has 1 fully saturated rings. The Labute approximate surface area is 129 Å². The molecule has 0 bridgehead atoms. The van der Waals surface area contributed by atoms with Crippen LogP contribution in [0.15, 0.2) is 47.0 Å². The molecule has 0 aliphatic heterocycles. The van der Waals surface area contributed by atoms with Gasteiger partial charge in [0, 0.05) is 0 Å². The molecule has 0 saturated heterocycles. The molecule has 4 nitrogen and oxygen atoms in total. The van der Waals surface area contributed by atoms with E-state index < -0.39 is 0 Å². The average molecular weight is 293 g/mol. The molecular weight excluding hydrogens is 274 g/mol. The van der Waals surface area contributed by atoms with Gasteiger partial charge in [-0.05, 0) is 29.2 Å². The van der Waals surface area contributed by atoms with Crippen molar-refractivity contribution in [3.8, 4) is 0 Å². The standard InChI is InChI=1S/C18H19N3O/c19-18(9-3-4-10-18)17-20-16(22-21-17)12-13-7-8-14-5-1-2-6-15(14)11-13/h1-2,5-8,11H,3-4,9-10,12,19H2. The summed E-state index contributed by atoms with van der Waals surface area (Å²) in [5.74, 6) is 1.31. The number of hydrogen-bond acceptors (Lipinski definition) is 4. The highest BCUT2D eigenvalue weighted by Gasteiger charge is 2.35. The number of nitrogens with two attached hydrogens (primary N) is 1. The summed E-state index contributed by atoms with van der Waals surface area (Å²) < 4.78 is 5.42. The van der Waals surface area contributed by atoms with Gasteiger partial charge in [-0.15, -0.1) is 0 Å². The maximum atomic E-state index is 6.38. The highest BCUT2D eigenvalue weighted by molar-refractivity contribution is 5.83. The largest absolute Gasteiger partial charge is 0.339 e. The Morgan fingerprint density at radius 3 is 2.64 bits per heavy atom. The van der Waals surface area contributed by atoms with Crippen molar-refractivity contribution < 1.29 is 4.52 Å². The van der Waals surface area contributed by atoms with E-state index in [4.69, 9.17) is 10.3 Å². The van der Waals surface area contributed by atoms with Crippen molar-refractivity contribution in [1.82, 2.24) is 10.1 Å². The first-order valence-corrected chi connectivity index (χ1v) is 7.83. The molecule has 112 valence electrons. The summed E-state index contributed by atoms with van der Waals surface area (Å²) in [5, 5.41) is 6.59. The van der Waals surface area contributed by atoms with E-state index in [1.54, 1.807) is 0 Å². The molecule has 1 aromatic heterocycles. The molecule has 1 heterocycles. The molecule has 2 aromatic carbocycles. The van der Waals surface area contributed by atoms with Crippen LogP contribution in [-0.4, -0.2) is 10.1 Å². The molecule has 0 radical (unpaired) electrons. The fourth-order valence-electron chi connectivity index (χ4n) is 3.28. The molecule has 1 saturated carbocycles. The van der Waals surface area contributed by atoms with Crippen molar-refractivity contribution in [1.29, 1.82) is 0 Å². The van der Waals surface area contributed by atoms with Crippen molar-refractivity contribution in [3.05, 3.63) is 59.7 Å². The van der Waals surface area contributed by atoms with Gasteiger partial charge in [0.1, 0.15) is 0 Å². The predicted octanol–water partition coefficient (Wildman–Crippen LogP) is 3.54. The minimum absolute atomic E-state index is 0.384. The summed E-state index contributed by atoms with van der Waals surface area (Å²) in [6.45, 7) is 0. The molecule has 22 heavy (non-hydrogen) atoms. The van der Waals surface area contributed by atoms with Crippen LogP contribution in [0.25, 0.3) is 10.8 Å². The zero-order valence-corrected chi connectivity index (χ0v) is 12.5. The van der Waals surface area contributed by atoms with Gasteiger partial charge in [-0.2, -0.15) is 4.98 Å². The highest BCUT2D eigenvalue weighted by Crippen LogP contribution is 2.34. The van der Waals surface area contributed by atoms with Crippen LogP contribution < -0.4 is 5.73 Å². The monoisotopic (exact) mass is 293 g/mol. The third-order valence-corrected chi connectivity index (χ3v) is 4.58. The van der Waals surface area contributed by atoms with E-state index in [0.29, 0.717) is 18.1 Å². The van der Waals surface area contributed by atoms with E-state index in [1.807, 2.05) is 0 Å². The van der Waals surface area contributed by atoms with Gasteiger partial charge >= 0.3 is 0 Å². The van der Waals surface area contributed by atoms with E-state index in [-0.39, 0.29) is 5.54 Å². The van der Waals surface area contributed by atoms with E-state index in [2.05, 4.69) is 52.6 Å². The van der Waals surface area contributed by atoms with Gasteiger partial charge in [0.15, 0.2) is 5.82 Å². The number of aromatic nitrogens is 2. The molecule has 0 spiro atoms. The summed E-state index contributed by atoms with van der Waals surface area (Å²) in [6.07, 6.45) is 4.83. The smallest absolute Gasteiger partial charge is 0.231 e. The summed E-state index contributed by atoms with van der Waals surface area (Å²) in [7, 11) is 0. The van der Waals surface area contributed by atoms with E-state index in [1.165, 1.54) is 16.3 Å². The lowest BCUT2D eigenvalue weighted by molar-refractivity contribution is 0.352. The Morgan fingerprint density at radius 2 is 1.82 bits per heavy atom. The second kappa shape index (κ2) is 5.21. The molecule has 0 atom stereocenters. The molecule has 3 aromatic rings. The first-order chi connectivity index (χ1) is 10.7. The van der Waals surface area contributed by atoms with Crippen molar-refractivity contribution in [2.45, 2.75) is 37.6 Å². The molecule has 0 amide bonds. The molecule has 4 rings (SSSR count). The van der Waals surface area contributed by atoms with E-state index in [0.717, 1.165) is 25.7 Å². The van der Waals surface area contributed by atoms with Crippen LogP contribution in [0.2, 0.25) is 0 Å². The van der Waals surface area contributed by atoms with Gasteiger partial charge in [-0.3, -0.25) is 0 Å². The Bertz CT molecular complexity index is 803. The number of benzene rings is 2. The fraction of sp³-hybridized carbons (Fsp3) is 0.333. The third kappa shape index (κ3) is 2.40. The minimum Gasteiger partial charge on any atom is -0.339 e. The van der Waals surface area contributed by atoms with Crippen molar-refractivity contribution in [2.75, 3.05) is 0 Å². The van der Waals surface area contributed by atoms with Crippen molar-refractivity contribution in [3.63, 3.8) is 0 Å². The quantitative estimate of drug-likeness (QED) is 0.802. The van der Waals surface area contributed by atoms with Gasteiger partial charge in [0.05, 0.1) is 12.0 Å². The topological polar surface area (TPSA) is 64.9 Å². The lowest BCUT2D eigenvalue weighted by atomic mass is 9.98. The maximum Gasteiger partial charge on any atom is 0.231 e. The second-order valence-electron chi connectivity index (χ2n) is 6.23. The Kier molecular flexibility index (Phi) is 3.19. The first kappa shape index (κ1) is 13.5. The van der Waals surface area contributed by atoms with Crippen LogP contribution in [-0.2, 0) is 12.0 Å². The third-order valence-electron chi connectivity index (χ3n) is 4.58. The molecule has 4 heteroatoms. The van der Waals surface area contributed by atoms with Crippen LogP contribution in [0.3, 0.4) is 0 Å². The van der Waals surface area contributed by atoms with Gasteiger partial charge in [-0.25, -0.2) is 0 Å². The van der Waals surface area contributed by atoms with Gasteiger partial charge in [-0.1, -0.05) is 60.5 Å². The zero-order chi connectivity index (χ0) is 15.0. The lowest BCUT2D eigenvalue weighted by Crippen LogP contribution is -2.34. The minimum atomic E-state index is -0.384. The average Bonchev–Trinajstić information content (AvgIpc) is 3.17. The number of rotatable bonds is 3. The maximum absolute atomic E-state index is 6.38. The molecule has 2 N–H and O–H groups in total. The van der Waals surface area contributed by atoms with Crippen LogP contribution in [0, 0.1) is 0 Å². The van der Waals surface area contributed by atoms with Crippen LogP contribution in [0.4, 0.5) is 0 Å². The Balaban J connectivity index is 1.58. The van der Waals surface area contributed by atoms with Crippen LogP contribution in [0.1, 0.15) is 43.0 Å².